The van der Waals surface area contributed by atoms with Crippen LogP contribution >= 0.6 is 35.6 Å². The average Bonchev–Trinajstić information content (AvgIpc) is 3.01. The summed E-state index contributed by atoms with van der Waals surface area (Å²) in [6.45, 7) is 2.78. The Kier molecular flexibility index (Phi) is 6.39. The molecule has 1 amide bonds. The number of nitrogens with one attached hydrogen (secondary N) is 1. The molecule has 0 saturated carbocycles. The SMILES string of the molecule is Cl.O=C(c1ccc(Cl)cc1Cl)N1CCC(C2CCCN2)CC1. The van der Waals surface area contributed by atoms with Crippen molar-refractivity contribution in [3.63, 3.8) is 0 Å². The highest BCUT2D eigenvalue weighted by Gasteiger charge is 2.30. The minimum Gasteiger partial charge on any atom is -0.339 e. The van der Waals surface area contributed by atoms with E-state index < -0.39 is 0 Å². The van der Waals surface area contributed by atoms with E-state index in [1.54, 1.807) is 18.2 Å². The van der Waals surface area contributed by atoms with Crippen molar-refractivity contribution in [1.29, 1.82) is 0 Å². The van der Waals surface area contributed by atoms with Crippen LogP contribution in [0.3, 0.4) is 0 Å². The van der Waals surface area contributed by atoms with Crippen molar-refractivity contribution in [3.05, 3.63) is 33.8 Å². The molecule has 22 heavy (non-hydrogen) atoms. The largest absolute Gasteiger partial charge is 0.339 e. The van der Waals surface area contributed by atoms with Crippen molar-refractivity contribution in [2.24, 2.45) is 5.92 Å². The first-order valence-corrected chi connectivity index (χ1v) is 8.38. The van der Waals surface area contributed by atoms with Gasteiger partial charge in [-0.25, -0.2) is 0 Å². The van der Waals surface area contributed by atoms with Crippen molar-refractivity contribution in [2.45, 2.75) is 31.7 Å². The zero-order valence-corrected chi connectivity index (χ0v) is 14.7. The van der Waals surface area contributed by atoms with E-state index in [-0.39, 0.29) is 18.3 Å². The number of benzene rings is 1. The standard InChI is InChI=1S/C16H20Cl2N2O.ClH/c17-12-3-4-13(14(18)10-12)16(21)20-8-5-11(6-9-20)15-2-1-7-19-15;/h3-4,10-11,15,19H,1-2,5-9H2;1H. The number of hydrogen-bond donors (Lipinski definition) is 1. The highest BCUT2D eigenvalue weighted by atomic mass is 35.5. The Hall–Kier alpha value is -0.480. The van der Waals surface area contributed by atoms with Gasteiger partial charge in [0.05, 0.1) is 10.6 Å². The first-order chi connectivity index (χ1) is 10.1. The summed E-state index contributed by atoms with van der Waals surface area (Å²) in [7, 11) is 0. The number of hydrogen-bond acceptors (Lipinski definition) is 2. The Morgan fingerprint density at radius 2 is 1.91 bits per heavy atom. The molecule has 1 atom stereocenters. The van der Waals surface area contributed by atoms with Gasteiger partial charge in [-0.3, -0.25) is 4.79 Å². The van der Waals surface area contributed by atoms with Crippen LogP contribution < -0.4 is 5.32 Å². The van der Waals surface area contributed by atoms with Gasteiger partial charge < -0.3 is 10.2 Å². The van der Waals surface area contributed by atoms with Crippen molar-refractivity contribution >= 4 is 41.5 Å². The molecule has 0 aromatic heterocycles. The predicted molar refractivity (Wildman–Crippen MR) is 93.4 cm³/mol. The van der Waals surface area contributed by atoms with Crippen LogP contribution in [0.15, 0.2) is 18.2 Å². The van der Waals surface area contributed by atoms with Crippen molar-refractivity contribution in [3.8, 4) is 0 Å². The summed E-state index contributed by atoms with van der Waals surface area (Å²) in [4.78, 5) is 14.5. The summed E-state index contributed by atoms with van der Waals surface area (Å²) in [5.41, 5.74) is 0.554. The molecular weight excluding hydrogens is 343 g/mol. The molecule has 1 aromatic rings. The monoisotopic (exact) mass is 362 g/mol. The molecule has 122 valence electrons. The lowest BCUT2D eigenvalue weighted by Gasteiger charge is -2.35. The second-order valence-electron chi connectivity index (χ2n) is 5.96. The van der Waals surface area contributed by atoms with Crippen LogP contribution in [0.1, 0.15) is 36.0 Å². The summed E-state index contributed by atoms with van der Waals surface area (Å²) in [5.74, 6) is 0.728. The molecule has 0 radical (unpaired) electrons. The van der Waals surface area contributed by atoms with E-state index in [9.17, 15) is 4.79 Å². The van der Waals surface area contributed by atoms with Crippen LogP contribution in [0.25, 0.3) is 0 Å². The molecule has 2 heterocycles. The molecule has 1 unspecified atom stereocenters. The highest BCUT2D eigenvalue weighted by Crippen LogP contribution is 2.28. The fraction of sp³-hybridized carbons (Fsp3) is 0.562. The maximum Gasteiger partial charge on any atom is 0.255 e. The third kappa shape index (κ3) is 3.88. The molecule has 1 N–H and O–H groups in total. The first kappa shape index (κ1) is 17.9. The average molecular weight is 364 g/mol. The lowest BCUT2D eigenvalue weighted by atomic mass is 9.88. The number of rotatable bonds is 2. The lowest BCUT2D eigenvalue weighted by molar-refractivity contribution is 0.0674. The number of piperidine rings is 1. The van der Waals surface area contributed by atoms with E-state index >= 15 is 0 Å². The van der Waals surface area contributed by atoms with Crippen LogP contribution in [0.2, 0.25) is 10.0 Å². The third-order valence-corrected chi connectivity index (χ3v) is 5.20. The van der Waals surface area contributed by atoms with Gasteiger partial charge in [-0.05, 0) is 56.3 Å². The van der Waals surface area contributed by atoms with Crippen LogP contribution in [0.5, 0.6) is 0 Å². The van der Waals surface area contributed by atoms with Gasteiger partial charge in [-0.1, -0.05) is 23.2 Å². The second kappa shape index (κ2) is 7.87. The predicted octanol–water partition coefficient (Wildman–Crippen LogP) is 4.02. The van der Waals surface area contributed by atoms with Crippen LogP contribution in [0, 0.1) is 5.92 Å². The van der Waals surface area contributed by atoms with Gasteiger partial charge in [0.25, 0.3) is 5.91 Å². The fourth-order valence-electron chi connectivity index (χ4n) is 3.45. The molecule has 0 bridgehead atoms. The maximum atomic E-state index is 12.5. The van der Waals surface area contributed by atoms with Gasteiger partial charge in [0, 0.05) is 24.2 Å². The van der Waals surface area contributed by atoms with Gasteiger partial charge in [0.2, 0.25) is 0 Å². The zero-order valence-electron chi connectivity index (χ0n) is 12.4. The Balaban J connectivity index is 0.00000176. The van der Waals surface area contributed by atoms with E-state index in [1.807, 2.05) is 4.90 Å². The van der Waals surface area contributed by atoms with Crippen molar-refractivity contribution in [2.75, 3.05) is 19.6 Å². The van der Waals surface area contributed by atoms with Gasteiger partial charge >= 0.3 is 0 Å². The number of likely N-dealkylation sites (tertiary alicyclic amines) is 1. The molecular formula is C16H21Cl3N2O. The lowest BCUT2D eigenvalue weighted by Crippen LogP contribution is -2.43. The van der Waals surface area contributed by atoms with Crippen molar-refractivity contribution in [1.82, 2.24) is 10.2 Å². The Labute approximate surface area is 147 Å². The van der Waals surface area contributed by atoms with E-state index in [0.717, 1.165) is 32.5 Å². The number of halogens is 3. The van der Waals surface area contributed by atoms with Crippen LogP contribution in [-0.2, 0) is 0 Å². The minimum atomic E-state index is 0. The van der Waals surface area contributed by atoms with Gasteiger partial charge in [0.1, 0.15) is 0 Å². The minimum absolute atomic E-state index is 0. The highest BCUT2D eigenvalue weighted by molar-refractivity contribution is 6.36. The van der Waals surface area contributed by atoms with Crippen LogP contribution in [0.4, 0.5) is 0 Å². The Morgan fingerprint density at radius 1 is 1.18 bits per heavy atom. The molecule has 3 nitrogen and oxygen atoms in total. The van der Waals surface area contributed by atoms with E-state index in [4.69, 9.17) is 23.2 Å². The quantitative estimate of drug-likeness (QED) is 0.860. The molecule has 1 aromatic carbocycles. The molecule has 2 aliphatic heterocycles. The molecule has 6 heteroatoms. The smallest absolute Gasteiger partial charge is 0.255 e. The third-order valence-electron chi connectivity index (χ3n) is 4.66. The summed E-state index contributed by atoms with van der Waals surface area (Å²) < 4.78 is 0. The van der Waals surface area contributed by atoms with Gasteiger partial charge in [-0.15, -0.1) is 12.4 Å². The number of carbonyl (C=O) groups excluding carboxylic acids is 1. The van der Waals surface area contributed by atoms with E-state index in [1.165, 1.54) is 12.8 Å². The fourth-order valence-corrected chi connectivity index (χ4v) is 3.94. The van der Waals surface area contributed by atoms with Gasteiger partial charge in [-0.2, -0.15) is 0 Å². The number of amides is 1. The van der Waals surface area contributed by atoms with Gasteiger partial charge in [0.15, 0.2) is 0 Å². The normalized spacial score (nSPS) is 22.5. The Morgan fingerprint density at radius 3 is 2.50 bits per heavy atom. The summed E-state index contributed by atoms with van der Waals surface area (Å²) >= 11 is 12.0. The Bertz CT molecular complexity index is 524. The topological polar surface area (TPSA) is 32.3 Å². The van der Waals surface area contributed by atoms with E-state index in [2.05, 4.69) is 5.32 Å². The summed E-state index contributed by atoms with van der Waals surface area (Å²) in [6.07, 6.45) is 4.72. The zero-order chi connectivity index (χ0) is 14.8. The van der Waals surface area contributed by atoms with Crippen LogP contribution in [-0.4, -0.2) is 36.5 Å². The second-order valence-corrected chi connectivity index (χ2v) is 6.80. The summed E-state index contributed by atoms with van der Waals surface area (Å²) in [6, 6.07) is 5.72. The molecule has 2 aliphatic rings. The maximum absolute atomic E-state index is 12.5. The molecule has 2 fully saturated rings. The molecule has 0 aliphatic carbocycles. The van der Waals surface area contributed by atoms with Crippen molar-refractivity contribution < 1.29 is 4.79 Å². The first-order valence-electron chi connectivity index (χ1n) is 7.63. The molecule has 3 rings (SSSR count). The van der Waals surface area contributed by atoms with E-state index in [0.29, 0.717) is 27.6 Å². The molecule has 0 spiro atoms. The number of nitrogens with zero attached hydrogens (tertiary/aromatic N) is 1. The number of carbonyl (C=O) groups is 1. The molecule has 2 saturated heterocycles. The summed E-state index contributed by atoms with van der Waals surface area (Å²) in [5, 5.41) is 4.57.